The largest absolute Gasteiger partial charge is 0.544 e. The Bertz CT molecular complexity index is 553. The van der Waals surface area contributed by atoms with Gasteiger partial charge in [-0.15, -0.1) is 0 Å². The number of nitrogens with zero attached hydrogens (tertiary/aromatic N) is 1. The van der Waals surface area contributed by atoms with Crippen molar-refractivity contribution in [3.8, 4) is 0 Å². The molecule has 0 aromatic rings. The molecule has 0 amide bonds. The van der Waals surface area contributed by atoms with Crippen molar-refractivity contribution in [2.24, 2.45) is 0 Å². The highest BCUT2D eigenvalue weighted by Gasteiger charge is 2.16. The smallest absolute Gasteiger partial charge is 0.333 e. The standard InChI is InChI=1S/C10H17NO4.C6H10O2.C2H7N.C2H4O2/c1-8(2)10(14)15-6-5-11(3,4)7-9(12)13;1-4-8-6(7)5(2)3;1-3-2;1-2(3)4/h1,5-7H2,2-4H3;2,4H2,1,3H3;3H,1-2H3;1H3,(H,3,4). The first-order chi connectivity index (χ1) is 13.6. The Morgan fingerprint density at radius 2 is 1.30 bits per heavy atom. The van der Waals surface area contributed by atoms with Gasteiger partial charge in [0.2, 0.25) is 0 Å². The maximum atomic E-state index is 11.0. The second kappa shape index (κ2) is 21.0. The number of nitrogens with one attached hydrogen (secondary N) is 1. The predicted molar refractivity (Wildman–Crippen MR) is 112 cm³/mol. The molecule has 0 aromatic carbocycles. The Morgan fingerprint density at radius 3 is 1.53 bits per heavy atom. The quantitative estimate of drug-likeness (QED) is 0.306. The summed E-state index contributed by atoms with van der Waals surface area (Å²) < 4.78 is 9.63. The zero-order valence-corrected chi connectivity index (χ0v) is 19.5. The van der Waals surface area contributed by atoms with Crippen LogP contribution < -0.4 is 10.4 Å². The fraction of sp³-hybridized carbons (Fsp3) is 0.600. The molecule has 0 rings (SSSR count). The van der Waals surface area contributed by atoms with Crippen LogP contribution in [0.25, 0.3) is 0 Å². The van der Waals surface area contributed by atoms with E-state index in [0.29, 0.717) is 24.3 Å². The molecule has 0 bridgehead atoms. The van der Waals surface area contributed by atoms with Crippen molar-refractivity contribution < 1.29 is 43.3 Å². The van der Waals surface area contributed by atoms with E-state index in [0.717, 1.165) is 6.92 Å². The molecule has 0 fully saturated rings. The maximum Gasteiger partial charge on any atom is 0.333 e. The molecule has 0 unspecified atom stereocenters. The van der Waals surface area contributed by atoms with Crippen molar-refractivity contribution in [2.45, 2.75) is 27.7 Å². The molecule has 0 aliphatic carbocycles. The fourth-order valence-electron chi connectivity index (χ4n) is 1.19. The van der Waals surface area contributed by atoms with Crippen LogP contribution in [0.5, 0.6) is 0 Å². The molecule has 0 aliphatic heterocycles. The number of aliphatic carboxylic acids is 2. The monoisotopic (exact) mass is 434 g/mol. The Hall–Kier alpha value is -2.72. The van der Waals surface area contributed by atoms with E-state index in [2.05, 4.69) is 23.2 Å². The number of hydrogen-bond donors (Lipinski definition) is 2. The summed E-state index contributed by atoms with van der Waals surface area (Å²) in [5.74, 6) is -2.72. The molecule has 0 radical (unpaired) electrons. The van der Waals surface area contributed by atoms with Gasteiger partial charge in [0.25, 0.3) is 5.97 Å². The minimum atomic E-state index is -1.12. The number of ether oxygens (including phenoxy) is 2. The minimum absolute atomic E-state index is 0.107. The number of quaternary nitrogens is 1. The molecule has 0 saturated carbocycles. The number of carboxylic acids is 2. The summed E-state index contributed by atoms with van der Waals surface area (Å²) >= 11 is 0. The first-order valence-electron chi connectivity index (χ1n) is 9.02. The van der Waals surface area contributed by atoms with Crippen LogP contribution in [0, 0.1) is 0 Å². The average Bonchev–Trinajstić information content (AvgIpc) is 2.54. The van der Waals surface area contributed by atoms with Gasteiger partial charge < -0.3 is 34.3 Å². The first-order valence-corrected chi connectivity index (χ1v) is 9.02. The Kier molecular flexibility index (Phi) is 24.3. The van der Waals surface area contributed by atoms with Crippen LogP contribution in [0.15, 0.2) is 24.3 Å². The summed E-state index contributed by atoms with van der Waals surface area (Å²) in [5, 5.41) is 20.5. The molecule has 0 aliphatic rings. The van der Waals surface area contributed by atoms with E-state index < -0.39 is 17.9 Å². The van der Waals surface area contributed by atoms with Crippen LogP contribution in [0.2, 0.25) is 0 Å². The van der Waals surface area contributed by atoms with Crippen molar-refractivity contribution in [2.75, 3.05) is 54.5 Å². The molecule has 10 nitrogen and oxygen atoms in total. The van der Waals surface area contributed by atoms with E-state index in [1.807, 2.05) is 14.1 Å². The molecule has 0 heterocycles. The Labute approximate surface area is 179 Å². The number of rotatable bonds is 8. The van der Waals surface area contributed by atoms with E-state index in [1.165, 1.54) is 0 Å². The Morgan fingerprint density at radius 1 is 0.967 bits per heavy atom. The van der Waals surface area contributed by atoms with Gasteiger partial charge in [0.05, 0.1) is 26.7 Å². The molecule has 0 aromatic heterocycles. The second-order valence-electron chi connectivity index (χ2n) is 6.63. The highest BCUT2D eigenvalue weighted by Crippen LogP contribution is 1.98. The molecule has 2 N–H and O–H groups in total. The highest BCUT2D eigenvalue weighted by atomic mass is 16.5. The molecule has 176 valence electrons. The molecule has 10 heteroatoms. The molecule has 0 spiro atoms. The van der Waals surface area contributed by atoms with Crippen LogP contribution in [0.3, 0.4) is 0 Å². The normalized spacial score (nSPS) is 9.07. The second-order valence-corrected chi connectivity index (χ2v) is 6.63. The van der Waals surface area contributed by atoms with Crippen molar-refractivity contribution in [3.05, 3.63) is 24.3 Å². The van der Waals surface area contributed by atoms with Gasteiger partial charge >= 0.3 is 11.9 Å². The zero-order chi connectivity index (χ0) is 24.9. The van der Waals surface area contributed by atoms with Gasteiger partial charge in [0, 0.05) is 18.1 Å². The molecular formula is C20H38N2O8. The highest BCUT2D eigenvalue weighted by molar-refractivity contribution is 5.87. The van der Waals surface area contributed by atoms with E-state index >= 15 is 0 Å². The van der Waals surface area contributed by atoms with E-state index in [1.54, 1.807) is 34.9 Å². The molecule has 30 heavy (non-hydrogen) atoms. The molecular weight excluding hydrogens is 396 g/mol. The summed E-state index contributed by atoms with van der Waals surface area (Å²) in [4.78, 5) is 40.8. The van der Waals surface area contributed by atoms with Gasteiger partial charge in [-0.05, 0) is 34.9 Å². The lowest BCUT2D eigenvalue weighted by molar-refractivity contribution is -0.884. The average molecular weight is 435 g/mol. The summed E-state index contributed by atoms with van der Waals surface area (Å²) in [6.07, 6.45) is 0. The van der Waals surface area contributed by atoms with Crippen LogP contribution in [0.4, 0.5) is 0 Å². The van der Waals surface area contributed by atoms with Gasteiger partial charge in [0.1, 0.15) is 19.7 Å². The van der Waals surface area contributed by atoms with Crippen molar-refractivity contribution in [1.82, 2.24) is 5.32 Å². The number of likely N-dealkylation sites (N-methyl/N-ethyl adjacent to an activating group) is 1. The van der Waals surface area contributed by atoms with Gasteiger partial charge in [-0.2, -0.15) is 0 Å². The fourth-order valence-corrected chi connectivity index (χ4v) is 1.19. The Balaban J connectivity index is -0.000000187. The summed E-state index contributed by atoms with van der Waals surface area (Å²) in [5.41, 5.74) is 0.784. The van der Waals surface area contributed by atoms with Gasteiger partial charge in [-0.1, -0.05) is 13.2 Å². The number of carbonyl (C=O) groups excluding carboxylic acids is 3. The molecule has 0 saturated heterocycles. The van der Waals surface area contributed by atoms with Gasteiger partial charge in [0.15, 0.2) is 0 Å². The lowest BCUT2D eigenvalue weighted by atomic mass is 10.4. The maximum absolute atomic E-state index is 11.0. The summed E-state index contributed by atoms with van der Waals surface area (Å²) in [6, 6.07) is 0. The van der Waals surface area contributed by atoms with Crippen molar-refractivity contribution in [3.63, 3.8) is 0 Å². The van der Waals surface area contributed by atoms with Gasteiger partial charge in [-0.25, -0.2) is 9.59 Å². The van der Waals surface area contributed by atoms with Crippen LogP contribution in [0.1, 0.15) is 27.7 Å². The van der Waals surface area contributed by atoms with Gasteiger partial charge in [-0.3, -0.25) is 4.79 Å². The lowest BCUT2D eigenvalue weighted by Gasteiger charge is -2.29. The topological polar surface area (TPSA) is 142 Å². The van der Waals surface area contributed by atoms with Crippen molar-refractivity contribution >= 4 is 23.9 Å². The third kappa shape index (κ3) is 36.2. The number of hydrogen-bond acceptors (Lipinski definition) is 8. The predicted octanol–water partition coefficient (Wildman–Crippen LogP) is -0.0159. The number of carbonyl (C=O) groups is 4. The van der Waals surface area contributed by atoms with Crippen LogP contribution in [-0.4, -0.2) is 88.0 Å². The zero-order valence-electron chi connectivity index (χ0n) is 19.5. The van der Waals surface area contributed by atoms with Crippen LogP contribution >= 0.6 is 0 Å². The number of carboxylic acid groups (broad SMARTS) is 2. The van der Waals surface area contributed by atoms with Crippen molar-refractivity contribution in [1.29, 1.82) is 0 Å². The molecule has 0 atom stereocenters. The first kappa shape index (κ1) is 34.8. The van der Waals surface area contributed by atoms with E-state index in [4.69, 9.17) is 14.6 Å². The van der Waals surface area contributed by atoms with E-state index in [-0.39, 0.29) is 23.6 Å². The summed E-state index contributed by atoms with van der Waals surface area (Å²) in [6.45, 7) is 13.8. The third-order valence-corrected chi connectivity index (χ3v) is 2.46. The summed E-state index contributed by atoms with van der Waals surface area (Å²) in [7, 11) is 7.20. The minimum Gasteiger partial charge on any atom is -0.544 e. The van der Waals surface area contributed by atoms with Crippen LogP contribution in [-0.2, 0) is 28.7 Å². The van der Waals surface area contributed by atoms with E-state index in [9.17, 15) is 19.5 Å². The lowest BCUT2D eigenvalue weighted by Crippen LogP contribution is -2.50. The SMILES string of the molecule is C=C(C)C(=O)OCC.C=C(C)C(=O)OCC[N+](C)(C)CC(=O)[O-].CC(=O)O.CNC. The third-order valence-electron chi connectivity index (χ3n) is 2.46. The number of esters is 2.